The van der Waals surface area contributed by atoms with Crippen molar-refractivity contribution < 1.29 is 0 Å². The van der Waals surface area contributed by atoms with Crippen LogP contribution < -0.4 is 5.32 Å². The van der Waals surface area contributed by atoms with E-state index in [0.29, 0.717) is 5.92 Å². The van der Waals surface area contributed by atoms with Crippen molar-refractivity contribution in [3.05, 3.63) is 46.2 Å². The normalized spacial score (nSPS) is 15.4. The van der Waals surface area contributed by atoms with E-state index in [2.05, 4.69) is 70.0 Å². The summed E-state index contributed by atoms with van der Waals surface area (Å²) in [4.78, 5) is 0. The van der Waals surface area contributed by atoms with E-state index in [1.165, 1.54) is 24.1 Å². The van der Waals surface area contributed by atoms with E-state index < -0.39 is 0 Å². The maximum Gasteiger partial charge on any atom is 0.0660 e. The minimum Gasteiger partial charge on any atom is -0.308 e. The summed E-state index contributed by atoms with van der Waals surface area (Å²) in [5, 5.41) is 8.22. The SMILES string of the molecule is CC(C)(C)NCc1cnn(-c2cccc(Br)c2)c1C1CC1. The van der Waals surface area contributed by atoms with Gasteiger partial charge in [-0.2, -0.15) is 5.10 Å². The lowest BCUT2D eigenvalue weighted by Gasteiger charge is -2.20. The van der Waals surface area contributed by atoms with Crippen LogP contribution in [0.2, 0.25) is 0 Å². The number of rotatable bonds is 4. The Kier molecular flexibility index (Phi) is 3.93. The lowest BCUT2D eigenvalue weighted by atomic mass is 10.1. The zero-order valence-electron chi connectivity index (χ0n) is 12.9. The van der Waals surface area contributed by atoms with Gasteiger partial charge in [0.15, 0.2) is 0 Å². The van der Waals surface area contributed by atoms with Gasteiger partial charge >= 0.3 is 0 Å². The first-order chi connectivity index (χ1) is 9.94. The highest BCUT2D eigenvalue weighted by Crippen LogP contribution is 2.42. The van der Waals surface area contributed by atoms with Gasteiger partial charge in [-0.1, -0.05) is 22.0 Å². The molecule has 0 atom stereocenters. The van der Waals surface area contributed by atoms with Crippen molar-refractivity contribution in [2.45, 2.75) is 51.6 Å². The van der Waals surface area contributed by atoms with E-state index in [-0.39, 0.29) is 5.54 Å². The molecule has 0 radical (unpaired) electrons. The molecule has 1 heterocycles. The molecule has 1 aliphatic rings. The number of halogens is 1. The Bertz CT molecular complexity index is 636. The number of hydrogen-bond acceptors (Lipinski definition) is 2. The molecule has 0 unspecified atom stereocenters. The van der Waals surface area contributed by atoms with Gasteiger partial charge < -0.3 is 5.32 Å². The summed E-state index contributed by atoms with van der Waals surface area (Å²) in [5.74, 6) is 0.670. The van der Waals surface area contributed by atoms with Gasteiger partial charge in [0, 0.05) is 28.0 Å². The Balaban J connectivity index is 1.93. The summed E-state index contributed by atoms with van der Waals surface area (Å²) in [6.45, 7) is 7.47. The molecular weight excluding hydrogens is 326 g/mol. The molecular formula is C17H22BrN3. The van der Waals surface area contributed by atoms with E-state index >= 15 is 0 Å². The summed E-state index contributed by atoms with van der Waals surface area (Å²) in [6, 6.07) is 8.35. The fourth-order valence-electron chi connectivity index (χ4n) is 2.49. The molecule has 1 fully saturated rings. The van der Waals surface area contributed by atoms with E-state index in [4.69, 9.17) is 0 Å². The standard InChI is InChI=1S/C17H22BrN3/c1-17(2,3)19-10-13-11-20-21(16(13)12-7-8-12)15-6-4-5-14(18)9-15/h4-6,9,11-12,19H,7-8,10H2,1-3H3. The van der Waals surface area contributed by atoms with Gasteiger partial charge in [0.05, 0.1) is 17.6 Å². The highest BCUT2D eigenvalue weighted by Gasteiger charge is 2.30. The van der Waals surface area contributed by atoms with Crippen LogP contribution in [-0.4, -0.2) is 15.3 Å². The largest absolute Gasteiger partial charge is 0.308 e. The first-order valence-corrected chi connectivity index (χ1v) is 8.31. The van der Waals surface area contributed by atoms with Crippen LogP contribution in [-0.2, 0) is 6.54 Å². The summed E-state index contributed by atoms with van der Waals surface area (Å²) in [5.41, 5.74) is 3.96. The first kappa shape index (κ1) is 14.8. The molecule has 21 heavy (non-hydrogen) atoms. The summed E-state index contributed by atoms with van der Waals surface area (Å²) >= 11 is 3.55. The first-order valence-electron chi connectivity index (χ1n) is 7.52. The van der Waals surface area contributed by atoms with Crippen molar-refractivity contribution in [1.82, 2.24) is 15.1 Å². The monoisotopic (exact) mass is 347 g/mol. The molecule has 3 nitrogen and oxygen atoms in total. The third-order valence-electron chi connectivity index (χ3n) is 3.71. The molecule has 112 valence electrons. The summed E-state index contributed by atoms with van der Waals surface area (Å²) < 4.78 is 3.20. The maximum absolute atomic E-state index is 4.65. The van der Waals surface area contributed by atoms with E-state index in [0.717, 1.165) is 16.7 Å². The van der Waals surface area contributed by atoms with Gasteiger partial charge in [-0.25, -0.2) is 4.68 Å². The Hall–Kier alpha value is -1.13. The topological polar surface area (TPSA) is 29.9 Å². The number of nitrogens with one attached hydrogen (secondary N) is 1. The molecule has 0 saturated heterocycles. The van der Waals surface area contributed by atoms with Gasteiger partial charge in [0.1, 0.15) is 0 Å². The van der Waals surface area contributed by atoms with Gasteiger partial charge in [-0.3, -0.25) is 0 Å². The third kappa shape index (κ3) is 3.55. The minimum absolute atomic E-state index is 0.124. The fraction of sp³-hybridized carbons (Fsp3) is 0.471. The second-order valence-electron chi connectivity index (χ2n) is 6.82. The molecule has 3 rings (SSSR count). The Morgan fingerprint density at radius 2 is 2.10 bits per heavy atom. The van der Waals surface area contributed by atoms with Crippen LogP contribution in [0.15, 0.2) is 34.9 Å². The number of aromatic nitrogens is 2. The van der Waals surface area contributed by atoms with Crippen molar-refractivity contribution in [1.29, 1.82) is 0 Å². The number of benzene rings is 1. The van der Waals surface area contributed by atoms with Gasteiger partial charge in [0.2, 0.25) is 0 Å². The van der Waals surface area contributed by atoms with Crippen LogP contribution in [0.4, 0.5) is 0 Å². The third-order valence-corrected chi connectivity index (χ3v) is 4.21. The van der Waals surface area contributed by atoms with Crippen LogP contribution in [0.25, 0.3) is 5.69 Å². The van der Waals surface area contributed by atoms with Gasteiger partial charge in [-0.15, -0.1) is 0 Å². The van der Waals surface area contributed by atoms with Crippen LogP contribution in [0.3, 0.4) is 0 Å². The molecule has 0 spiro atoms. The average Bonchev–Trinajstić information content (AvgIpc) is 3.15. The zero-order valence-corrected chi connectivity index (χ0v) is 14.4. The number of nitrogens with zero attached hydrogens (tertiary/aromatic N) is 2. The molecule has 1 aromatic carbocycles. The molecule has 0 bridgehead atoms. The predicted octanol–water partition coefficient (Wildman–Crippen LogP) is 4.40. The predicted molar refractivity (Wildman–Crippen MR) is 89.8 cm³/mol. The fourth-order valence-corrected chi connectivity index (χ4v) is 2.88. The van der Waals surface area contributed by atoms with Crippen LogP contribution in [0.1, 0.15) is 50.8 Å². The summed E-state index contributed by atoms with van der Waals surface area (Å²) in [6.07, 6.45) is 4.58. The molecule has 2 aromatic rings. The molecule has 1 saturated carbocycles. The summed E-state index contributed by atoms with van der Waals surface area (Å²) in [7, 11) is 0. The highest BCUT2D eigenvalue weighted by molar-refractivity contribution is 9.10. The van der Waals surface area contributed by atoms with Gasteiger partial charge in [-0.05, 0) is 51.8 Å². The van der Waals surface area contributed by atoms with Crippen molar-refractivity contribution >= 4 is 15.9 Å². The Morgan fingerprint density at radius 3 is 2.71 bits per heavy atom. The van der Waals surface area contributed by atoms with Crippen molar-refractivity contribution in [3.63, 3.8) is 0 Å². The lowest BCUT2D eigenvalue weighted by molar-refractivity contribution is 0.423. The average molecular weight is 348 g/mol. The van der Waals surface area contributed by atoms with E-state index in [9.17, 15) is 0 Å². The van der Waals surface area contributed by atoms with Crippen LogP contribution in [0, 0.1) is 0 Å². The van der Waals surface area contributed by atoms with Gasteiger partial charge in [0.25, 0.3) is 0 Å². The second-order valence-corrected chi connectivity index (χ2v) is 7.74. The van der Waals surface area contributed by atoms with E-state index in [1.807, 2.05) is 12.3 Å². The molecule has 0 amide bonds. The van der Waals surface area contributed by atoms with Crippen molar-refractivity contribution in [3.8, 4) is 5.69 Å². The molecule has 1 aliphatic carbocycles. The Morgan fingerprint density at radius 1 is 1.33 bits per heavy atom. The molecule has 4 heteroatoms. The van der Waals surface area contributed by atoms with Crippen molar-refractivity contribution in [2.75, 3.05) is 0 Å². The maximum atomic E-state index is 4.65. The Labute approximate surface area is 134 Å². The lowest BCUT2D eigenvalue weighted by Crippen LogP contribution is -2.35. The smallest absolute Gasteiger partial charge is 0.0660 e. The minimum atomic E-state index is 0.124. The molecule has 1 aromatic heterocycles. The highest BCUT2D eigenvalue weighted by atomic mass is 79.9. The van der Waals surface area contributed by atoms with Crippen LogP contribution in [0.5, 0.6) is 0 Å². The van der Waals surface area contributed by atoms with Crippen molar-refractivity contribution in [2.24, 2.45) is 0 Å². The second kappa shape index (κ2) is 5.58. The zero-order chi connectivity index (χ0) is 15.0. The van der Waals surface area contributed by atoms with E-state index in [1.54, 1.807) is 0 Å². The molecule has 1 N–H and O–H groups in total. The quantitative estimate of drug-likeness (QED) is 0.888. The van der Waals surface area contributed by atoms with Crippen LogP contribution >= 0.6 is 15.9 Å². The number of hydrogen-bond donors (Lipinski definition) is 1. The molecule has 0 aliphatic heterocycles.